The number of carbonyl (C=O) groups excluding carboxylic acids is 2. The highest BCUT2D eigenvalue weighted by Gasteiger charge is 2.27. The molecule has 7 heteroatoms. The molecule has 2 aromatic rings. The summed E-state index contributed by atoms with van der Waals surface area (Å²) >= 11 is 18.7. The lowest BCUT2D eigenvalue weighted by Crippen LogP contribution is -2.48. The van der Waals surface area contributed by atoms with Crippen molar-refractivity contribution in [3.05, 3.63) is 68.7 Å². The van der Waals surface area contributed by atoms with E-state index in [9.17, 15) is 9.59 Å². The molecule has 0 aliphatic rings. The minimum absolute atomic E-state index is 0.116. The van der Waals surface area contributed by atoms with E-state index in [4.69, 9.17) is 34.8 Å². The van der Waals surface area contributed by atoms with Gasteiger partial charge in [-0.25, -0.2) is 0 Å². The molecule has 156 valence electrons. The third-order valence-corrected chi connectivity index (χ3v) is 5.43. The Labute approximate surface area is 187 Å². The molecule has 0 fully saturated rings. The number of hydrogen-bond donors (Lipinski definition) is 1. The molecule has 0 aromatic heterocycles. The molecule has 0 heterocycles. The molecule has 0 radical (unpaired) electrons. The second-order valence-corrected chi connectivity index (χ2v) is 8.59. The molecule has 2 amide bonds. The van der Waals surface area contributed by atoms with Gasteiger partial charge in [0.05, 0.1) is 6.42 Å². The third-order valence-electron chi connectivity index (χ3n) is 4.49. The van der Waals surface area contributed by atoms with Crippen LogP contribution in [0.15, 0.2) is 42.5 Å². The molecule has 1 N–H and O–H groups in total. The summed E-state index contributed by atoms with van der Waals surface area (Å²) in [4.78, 5) is 27.3. The molecule has 29 heavy (non-hydrogen) atoms. The standard InChI is InChI=1S/C22H25Cl3N2O2/c1-14(2)12-26-22(29)15(3)27(13-18-19(24)8-5-9-20(18)25)21(28)11-16-6-4-7-17(23)10-16/h4-10,14-15H,11-13H2,1-3H3,(H,26,29)/t15-/m1/s1. The van der Waals surface area contributed by atoms with Crippen molar-refractivity contribution in [3.63, 3.8) is 0 Å². The van der Waals surface area contributed by atoms with E-state index in [-0.39, 0.29) is 24.8 Å². The Morgan fingerprint density at radius 3 is 2.21 bits per heavy atom. The van der Waals surface area contributed by atoms with Crippen molar-refractivity contribution in [2.75, 3.05) is 6.54 Å². The summed E-state index contributed by atoms with van der Waals surface area (Å²) in [6.45, 7) is 6.39. The zero-order valence-corrected chi connectivity index (χ0v) is 19.0. The summed E-state index contributed by atoms with van der Waals surface area (Å²) in [5.41, 5.74) is 1.38. The van der Waals surface area contributed by atoms with Gasteiger partial charge in [0.15, 0.2) is 0 Å². The predicted octanol–water partition coefficient (Wildman–Crippen LogP) is 5.38. The fraction of sp³-hybridized carbons (Fsp3) is 0.364. The van der Waals surface area contributed by atoms with E-state index in [2.05, 4.69) is 5.32 Å². The highest BCUT2D eigenvalue weighted by Crippen LogP contribution is 2.27. The minimum atomic E-state index is -0.687. The lowest BCUT2D eigenvalue weighted by atomic mass is 10.1. The van der Waals surface area contributed by atoms with Crippen LogP contribution in [0.4, 0.5) is 0 Å². The number of rotatable bonds is 8. The summed E-state index contributed by atoms with van der Waals surface area (Å²) in [7, 11) is 0. The zero-order chi connectivity index (χ0) is 21.6. The molecule has 0 aliphatic carbocycles. The van der Waals surface area contributed by atoms with Crippen LogP contribution in [0.1, 0.15) is 31.9 Å². The summed E-state index contributed by atoms with van der Waals surface area (Å²) in [6.07, 6.45) is 0.116. The Kier molecular flexibility index (Phi) is 8.81. The highest BCUT2D eigenvalue weighted by molar-refractivity contribution is 6.36. The zero-order valence-electron chi connectivity index (χ0n) is 16.7. The monoisotopic (exact) mass is 454 g/mol. The first-order valence-corrected chi connectivity index (χ1v) is 10.6. The fourth-order valence-corrected chi connectivity index (χ4v) is 3.54. The van der Waals surface area contributed by atoms with Crippen LogP contribution >= 0.6 is 34.8 Å². The van der Waals surface area contributed by atoms with Gasteiger partial charge in [0.2, 0.25) is 11.8 Å². The largest absolute Gasteiger partial charge is 0.354 e. The van der Waals surface area contributed by atoms with Crippen LogP contribution in [0.2, 0.25) is 15.1 Å². The fourth-order valence-electron chi connectivity index (χ4n) is 2.81. The first kappa shape index (κ1) is 23.5. The van der Waals surface area contributed by atoms with E-state index in [0.29, 0.717) is 33.1 Å². The van der Waals surface area contributed by atoms with Crippen LogP contribution in [0.25, 0.3) is 0 Å². The van der Waals surface area contributed by atoms with E-state index >= 15 is 0 Å². The SMILES string of the molecule is CC(C)CNC(=O)[C@@H](C)N(Cc1c(Cl)cccc1Cl)C(=O)Cc1cccc(Cl)c1. The quantitative estimate of drug-likeness (QED) is 0.581. The summed E-state index contributed by atoms with van der Waals surface area (Å²) < 4.78 is 0. The molecule has 0 saturated heterocycles. The van der Waals surface area contributed by atoms with Crippen molar-refractivity contribution in [2.24, 2.45) is 5.92 Å². The number of hydrogen-bond acceptors (Lipinski definition) is 2. The summed E-state index contributed by atoms with van der Waals surface area (Å²) in [6, 6.07) is 11.6. The first-order chi connectivity index (χ1) is 13.7. The van der Waals surface area contributed by atoms with Crippen molar-refractivity contribution in [3.8, 4) is 0 Å². The molecule has 0 bridgehead atoms. The van der Waals surface area contributed by atoms with Gasteiger partial charge in [0, 0.05) is 33.7 Å². The topological polar surface area (TPSA) is 49.4 Å². The van der Waals surface area contributed by atoms with E-state index < -0.39 is 6.04 Å². The van der Waals surface area contributed by atoms with Crippen LogP contribution < -0.4 is 5.32 Å². The van der Waals surface area contributed by atoms with Crippen molar-refractivity contribution in [1.29, 1.82) is 0 Å². The average Bonchev–Trinajstić information content (AvgIpc) is 2.65. The van der Waals surface area contributed by atoms with Gasteiger partial charge in [-0.1, -0.05) is 66.8 Å². The number of nitrogens with one attached hydrogen (secondary N) is 1. The van der Waals surface area contributed by atoms with E-state index in [1.165, 1.54) is 4.90 Å². The smallest absolute Gasteiger partial charge is 0.242 e. The molecule has 0 unspecified atom stereocenters. The molecule has 0 saturated carbocycles. The van der Waals surface area contributed by atoms with Crippen LogP contribution in [0.5, 0.6) is 0 Å². The van der Waals surface area contributed by atoms with Crippen LogP contribution in [0.3, 0.4) is 0 Å². The molecular weight excluding hydrogens is 431 g/mol. The van der Waals surface area contributed by atoms with Gasteiger partial charge < -0.3 is 10.2 Å². The van der Waals surface area contributed by atoms with Crippen molar-refractivity contribution >= 4 is 46.6 Å². The lowest BCUT2D eigenvalue weighted by Gasteiger charge is -2.29. The summed E-state index contributed by atoms with van der Waals surface area (Å²) in [5, 5.41) is 4.34. The summed E-state index contributed by atoms with van der Waals surface area (Å²) in [5.74, 6) is -0.128. The molecule has 2 rings (SSSR count). The molecule has 1 atom stereocenters. The minimum Gasteiger partial charge on any atom is -0.354 e. The third kappa shape index (κ3) is 6.91. The Balaban J connectivity index is 2.28. The average molecular weight is 456 g/mol. The van der Waals surface area contributed by atoms with Gasteiger partial charge in [-0.3, -0.25) is 9.59 Å². The van der Waals surface area contributed by atoms with Crippen LogP contribution in [0, 0.1) is 5.92 Å². The van der Waals surface area contributed by atoms with Gasteiger partial charge in [-0.05, 0) is 42.7 Å². The Hall–Kier alpha value is -1.75. The van der Waals surface area contributed by atoms with Gasteiger partial charge in [0.1, 0.15) is 6.04 Å². The maximum Gasteiger partial charge on any atom is 0.242 e. The second-order valence-electron chi connectivity index (χ2n) is 7.34. The molecular formula is C22H25Cl3N2O2. The van der Waals surface area contributed by atoms with Gasteiger partial charge >= 0.3 is 0 Å². The molecule has 2 aromatic carbocycles. The maximum atomic E-state index is 13.2. The van der Waals surface area contributed by atoms with Crippen molar-refractivity contribution < 1.29 is 9.59 Å². The molecule has 0 spiro atoms. The normalized spacial score (nSPS) is 12.0. The lowest BCUT2D eigenvalue weighted by molar-refractivity contribution is -0.140. The van der Waals surface area contributed by atoms with Gasteiger partial charge in [-0.15, -0.1) is 0 Å². The van der Waals surface area contributed by atoms with Crippen molar-refractivity contribution in [2.45, 2.75) is 39.8 Å². The molecule has 4 nitrogen and oxygen atoms in total. The number of halogens is 3. The van der Waals surface area contributed by atoms with E-state index in [0.717, 1.165) is 5.56 Å². The van der Waals surface area contributed by atoms with Gasteiger partial charge in [0.25, 0.3) is 0 Å². The first-order valence-electron chi connectivity index (χ1n) is 9.43. The number of nitrogens with zero attached hydrogens (tertiary/aromatic N) is 1. The van der Waals surface area contributed by atoms with Crippen LogP contribution in [-0.4, -0.2) is 29.3 Å². The van der Waals surface area contributed by atoms with Gasteiger partial charge in [-0.2, -0.15) is 0 Å². The second kappa shape index (κ2) is 10.9. The van der Waals surface area contributed by atoms with E-state index in [1.54, 1.807) is 43.3 Å². The maximum absolute atomic E-state index is 13.2. The number of benzene rings is 2. The Bertz CT molecular complexity index is 851. The predicted molar refractivity (Wildman–Crippen MR) is 119 cm³/mol. The number of amides is 2. The van der Waals surface area contributed by atoms with E-state index in [1.807, 2.05) is 19.9 Å². The Morgan fingerprint density at radius 1 is 1.00 bits per heavy atom. The van der Waals surface area contributed by atoms with Crippen LogP contribution in [-0.2, 0) is 22.6 Å². The highest BCUT2D eigenvalue weighted by atomic mass is 35.5. The Morgan fingerprint density at radius 2 is 1.62 bits per heavy atom. The number of carbonyl (C=O) groups is 2. The van der Waals surface area contributed by atoms with Crippen molar-refractivity contribution in [1.82, 2.24) is 10.2 Å². The molecule has 0 aliphatic heterocycles.